The smallest absolute Gasteiger partial charge is 0.237 e. The Morgan fingerprint density at radius 3 is 2.47 bits per heavy atom. The number of hydrogen-bond donors (Lipinski definition) is 2. The van der Waals surface area contributed by atoms with Crippen LogP contribution >= 0.6 is 0 Å². The molecule has 0 aliphatic rings. The molecule has 1 aromatic carbocycles. The zero-order valence-corrected chi connectivity index (χ0v) is 12.1. The van der Waals surface area contributed by atoms with Crippen molar-refractivity contribution in [1.29, 1.82) is 0 Å². The number of aryl methyl sites for hydroxylation is 1. The highest BCUT2D eigenvalue weighted by atomic mass is 16.2. The summed E-state index contributed by atoms with van der Waals surface area (Å²) < 4.78 is 0. The minimum absolute atomic E-state index is 0.0296. The third-order valence-electron chi connectivity index (χ3n) is 3.31. The lowest BCUT2D eigenvalue weighted by Crippen LogP contribution is -2.44. The number of amides is 1. The molecule has 0 heterocycles. The van der Waals surface area contributed by atoms with Gasteiger partial charge >= 0.3 is 0 Å². The van der Waals surface area contributed by atoms with Crippen molar-refractivity contribution < 1.29 is 4.79 Å². The lowest BCUT2D eigenvalue weighted by atomic mass is 10.0. The van der Waals surface area contributed by atoms with E-state index in [9.17, 15) is 4.79 Å². The second-order valence-electron chi connectivity index (χ2n) is 5.36. The molecule has 3 heteroatoms. The molecule has 0 aliphatic heterocycles. The zero-order chi connectivity index (χ0) is 14.1. The van der Waals surface area contributed by atoms with E-state index in [1.165, 1.54) is 5.56 Å². The number of carbonyl (C=O) groups is 1. The Morgan fingerprint density at radius 2 is 1.84 bits per heavy atom. The lowest BCUT2D eigenvalue weighted by Gasteiger charge is -2.15. The number of unbranched alkanes of at least 4 members (excludes halogenated alkanes) is 2. The standard InChI is InChI=1S/C16H26N2O/c1-13(2)15(17)16(19)18-12-8-4-7-11-14-9-5-3-6-10-14/h3,5-6,9-10,13,15H,4,7-8,11-12,17H2,1-2H3,(H,18,19)/t15-/m0/s1. The predicted octanol–water partition coefficient (Wildman–Crippen LogP) is 2.50. The Kier molecular flexibility index (Phi) is 7.19. The molecule has 1 atom stereocenters. The second-order valence-corrected chi connectivity index (χ2v) is 5.36. The number of benzene rings is 1. The normalized spacial score (nSPS) is 12.4. The van der Waals surface area contributed by atoms with Crippen LogP contribution in [0.25, 0.3) is 0 Å². The quantitative estimate of drug-likeness (QED) is 0.707. The molecule has 1 amide bonds. The number of nitrogens with one attached hydrogen (secondary N) is 1. The van der Waals surface area contributed by atoms with Crippen LogP contribution in [-0.2, 0) is 11.2 Å². The van der Waals surface area contributed by atoms with Crippen LogP contribution in [0.15, 0.2) is 30.3 Å². The van der Waals surface area contributed by atoms with Gasteiger partial charge < -0.3 is 11.1 Å². The molecule has 3 nitrogen and oxygen atoms in total. The van der Waals surface area contributed by atoms with E-state index in [-0.39, 0.29) is 17.9 Å². The lowest BCUT2D eigenvalue weighted by molar-refractivity contribution is -0.123. The van der Waals surface area contributed by atoms with Crippen LogP contribution in [0, 0.1) is 5.92 Å². The molecule has 1 rings (SSSR count). The van der Waals surface area contributed by atoms with Gasteiger partial charge in [0.1, 0.15) is 0 Å². The maximum absolute atomic E-state index is 11.6. The van der Waals surface area contributed by atoms with E-state index in [4.69, 9.17) is 5.73 Å². The molecule has 0 saturated carbocycles. The fourth-order valence-electron chi connectivity index (χ4n) is 1.91. The van der Waals surface area contributed by atoms with Crippen LogP contribution in [0.1, 0.15) is 38.7 Å². The van der Waals surface area contributed by atoms with Gasteiger partial charge in [-0.2, -0.15) is 0 Å². The van der Waals surface area contributed by atoms with E-state index in [1.807, 2.05) is 19.9 Å². The van der Waals surface area contributed by atoms with Crippen LogP contribution in [0.3, 0.4) is 0 Å². The predicted molar refractivity (Wildman–Crippen MR) is 79.8 cm³/mol. The molecule has 0 fully saturated rings. The van der Waals surface area contributed by atoms with E-state index >= 15 is 0 Å². The van der Waals surface area contributed by atoms with E-state index in [0.717, 1.165) is 32.2 Å². The highest BCUT2D eigenvalue weighted by molar-refractivity contribution is 5.81. The molecule has 0 spiro atoms. The number of nitrogens with two attached hydrogens (primary N) is 1. The third-order valence-corrected chi connectivity index (χ3v) is 3.31. The van der Waals surface area contributed by atoms with Gasteiger partial charge in [-0.15, -0.1) is 0 Å². The molecule has 1 aromatic rings. The van der Waals surface area contributed by atoms with Crippen molar-refractivity contribution >= 4 is 5.91 Å². The van der Waals surface area contributed by atoms with Gasteiger partial charge in [0.25, 0.3) is 0 Å². The van der Waals surface area contributed by atoms with Crippen molar-refractivity contribution in [2.45, 2.75) is 45.6 Å². The summed E-state index contributed by atoms with van der Waals surface area (Å²) in [6.45, 7) is 4.66. The molecular weight excluding hydrogens is 236 g/mol. The maximum atomic E-state index is 11.6. The number of hydrogen-bond acceptors (Lipinski definition) is 2. The molecule has 0 saturated heterocycles. The van der Waals surface area contributed by atoms with E-state index in [1.54, 1.807) is 0 Å². The minimum Gasteiger partial charge on any atom is -0.355 e. The zero-order valence-electron chi connectivity index (χ0n) is 12.1. The van der Waals surface area contributed by atoms with Crippen molar-refractivity contribution in [1.82, 2.24) is 5.32 Å². The summed E-state index contributed by atoms with van der Waals surface area (Å²) in [6, 6.07) is 10.1. The van der Waals surface area contributed by atoms with Gasteiger partial charge in [0, 0.05) is 6.54 Å². The summed E-state index contributed by atoms with van der Waals surface area (Å²) in [7, 11) is 0. The summed E-state index contributed by atoms with van der Waals surface area (Å²) >= 11 is 0. The monoisotopic (exact) mass is 262 g/mol. The van der Waals surface area contributed by atoms with Gasteiger partial charge in [0.05, 0.1) is 6.04 Å². The Morgan fingerprint density at radius 1 is 1.16 bits per heavy atom. The SMILES string of the molecule is CC(C)[C@H](N)C(=O)NCCCCCc1ccccc1. The molecule has 19 heavy (non-hydrogen) atoms. The average molecular weight is 262 g/mol. The highest BCUT2D eigenvalue weighted by Gasteiger charge is 2.15. The Bertz CT molecular complexity index is 362. The van der Waals surface area contributed by atoms with Crippen LogP contribution in [0.5, 0.6) is 0 Å². The van der Waals surface area contributed by atoms with Crippen molar-refractivity contribution in [2.75, 3.05) is 6.54 Å². The van der Waals surface area contributed by atoms with Gasteiger partial charge in [-0.25, -0.2) is 0 Å². The van der Waals surface area contributed by atoms with Crippen LogP contribution in [-0.4, -0.2) is 18.5 Å². The molecule has 0 bridgehead atoms. The topological polar surface area (TPSA) is 55.1 Å². The molecule has 0 aromatic heterocycles. The average Bonchev–Trinajstić information content (AvgIpc) is 2.42. The first-order chi connectivity index (χ1) is 9.11. The third kappa shape index (κ3) is 6.39. The fraction of sp³-hybridized carbons (Fsp3) is 0.562. The van der Waals surface area contributed by atoms with Crippen molar-refractivity contribution in [2.24, 2.45) is 11.7 Å². The molecule has 0 aliphatic carbocycles. The largest absolute Gasteiger partial charge is 0.355 e. The first kappa shape index (κ1) is 15.7. The van der Waals surface area contributed by atoms with E-state index < -0.39 is 0 Å². The second kappa shape index (κ2) is 8.70. The summed E-state index contributed by atoms with van der Waals surface area (Å²) in [5.74, 6) is 0.163. The Labute approximate surface area is 116 Å². The number of rotatable bonds is 8. The highest BCUT2D eigenvalue weighted by Crippen LogP contribution is 2.05. The molecule has 0 radical (unpaired) electrons. The summed E-state index contributed by atoms with van der Waals surface area (Å²) in [6.07, 6.45) is 4.42. The van der Waals surface area contributed by atoms with Crippen LogP contribution < -0.4 is 11.1 Å². The van der Waals surface area contributed by atoms with Crippen molar-refractivity contribution in [3.05, 3.63) is 35.9 Å². The Hall–Kier alpha value is -1.35. The Balaban J connectivity index is 2.04. The molecule has 3 N–H and O–H groups in total. The summed E-state index contributed by atoms with van der Waals surface area (Å²) in [4.78, 5) is 11.6. The fourth-order valence-corrected chi connectivity index (χ4v) is 1.91. The first-order valence-corrected chi connectivity index (χ1v) is 7.18. The van der Waals surface area contributed by atoms with Crippen LogP contribution in [0.4, 0.5) is 0 Å². The molecular formula is C16H26N2O. The van der Waals surface area contributed by atoms with Gasteiger partial charge in [0.2, 0.25) is 5.91 Å². The maximum Gasteiger partial charge on any atom is 0.237 e. The van der Waals surface area contributed by atoms with Gasteiger partial charge in [-0.3, -0.25) is 4.79 Å². The van der Waals surface area contributed by atoms with Gasteiger partial charge in [-0.05, 0) is 30.7 Å². The molecule has 106 valence electrons. The minimum atomic E-state index is -0.385. The summed E-state index contributed by atoms with van der Waals surface area (Å²) in [5, 5.41) is 2.90. The van der Waals surface area contributed by atoms with Crippen molar-refractivity contribution in [3.63, 3.8) is 0 Å². The van der Waals surface area contributed by atoms with Gasteiger partial charge in [0.15, 0.2) is 0 Å². The first-order valence-electron chi connectivity index (χ1n) is 7.18. The van der Waals surface area contributed by atoms with E-state index in [2.05, 4.69) is 29.6 Å². The number of carbonyl (C=O) groups excluding carboxylic acids is 1. The van der Waals surface area contributed by atoms with Crippen molar-refractivity contribution in [3.8, 4) is 0 Å². The molecule has 0 unspecified atom stereocenters. The van der Waals surface area contributed by atoms with Gasteiger partial charge in [-0.1, -0.05) is 50.6 Å². The summed E-state index contributed by atoms with van der Waals surface area (Å²) in [5.41, 5.74) is 7.15. The van der Waals surface area contributed by atoms with E-state index in [0.29, 0.717) is 0 Å². The van der Waals surface area contributed by atoms with Crippen LogP contribution in [0.2, 0.25) is 0 Å².